The molecule has 6 bridgehead atoms. The van der Waals surface area contributed by atoms with Crippen molar-refractivity contribution in [1.82, 2.24) is 0 Å². The van der Waals surface area contributed by atoms with Crippen molar-refractivity contribution >= 4 is 155 Å². The summed E-state index contributed by atoms with van der Waals surface area (Å²) in [6.07, 6.45) is 0. The minimum absolute atomic E-state index is 0.377. The van der Waals surface area contributed by atoms with Crippen molar-refractivity contribution in [2.75, 3.05) is 0 Å². The van der Waals surface area contributed by atoms with Crippen LogP contribution in [0, 0.1) is 0 Å². The van der Waals surface area contributed by atoms with E-state index in [4.69, 9.17) is 78.2 Å². The van der Waals surface area contributed by atoms with E-state index in [1.807, 2.05) is 78.6 Å². The lowest BCUT2D eigenvalue weighted by atomic mass is 11.8. The van der Waals surface area contributed by atoms with E-state index < -0.39 is 155 Å². The van der Waals surface area contributed by atoms with Gasteiger partial charge in [0.2, 0.25) is 0 Å². The Balaban J connectivity index is 2.18. The third kappa shape index (κ3) is 13.5. The van der Waals surface area contributed by atoms with Crippen LogP contribution >= 0.6 is 0 Å². The fraction of sp³-hybridized carbons (Fsp3) is 1.00. The molecule has 36 heteroatoms. The first-order valence-corrected chi connectivity index (χ1v) is 53.9. The molecule has 0 N–H and O–H groups in total. The van der Waals surface area contributed by atoms with Gasteiger partial charge in [-0.2, -0.15) is 0 Å². The molecule has 4 aliphatic rings. The summed E-state index contributed by atoms with van der Waals surface area (Å²) in [7, 11) is -49.0. The van der Waals surface area contributed by atoms with Gasteiger partial charge in [-0.15, -0.1) is 0 Å². The molecule has 4 radical (unpaired) electrons. The molecule has 4 fully saturated rings. The van der Waals surface area contributed by atoms with Crippen molar-refractivity contribution in [2.45, 2.75) is 110 Å². The fourth-order valence-corrected chi connectivity index (χ4v) is 63.6. The first-order chi connectivity index (χ1) is 24.4. The maximum atomic E-state index is 7.28. The Labute approximate surface area is 341 Å². The zero-order valence-corrected chi connectivity index (χ0v) is 51.8. The molecule has 0 aromatic carbocycles. The van der Waals surface area contributed by atoms with Crippen LogP contribution < -0.4 is 0 Å². The van der Waals surface area contributed by atoms with Crippen LogP contribution in [0.15, 0.2) is 0 Å². The molecule has 4 rings (SSSR count). The molecule has 308 valence electrons. The second-order valence-corrected chi connectivity index (χ2v) is 58.0. The third-order valence-corrected chi connectivity index (χ3v) is 54.6. The fourth-order valence-electron chi connectivity index (χ4n) is 4.99. The minimum Gasteiger partial charge on any atom is -0.438 e. The van der Waals surface area contributed by atoms with Crippen LogP contribution in [0.3, 0.4) is 0 Å². The summed E-state index contributed by atoms with van der Waals surface area (Å²) in [5.41, 5.74) is 0.377. The minimum atomic E-state index is -4.73. The van der Waals surface area contributed by atoms with Gasteiger partial charge < -0.3 is 78.2 Å². The molecule has 0 aromatic rings. The Morgan fingerprint density at radius 1 is 0.396 bits per heavy atom. The van der Waals surface area contributed by atoms with Gasteiger partial charge in [-0.05, 0) is 91.7 Å². The number of fused-ring (bicyclic) bond motifs is 4. The average molecular weight is 1040 g/mol. The van der Waals surface area contributed by atoms with E-state index >= 15 is 0 Å². The molecular weight excluding hydrogens is 986 g/mol. The molecular formula is C17H58O19Si17. The van der Waals surface area contributed by atoms with Crippen LogP contribution in [0.4, 0.5) is 0 Å². The van der Waals surface area contributed by atoms with Crippen molar-refractivity contribution in [2.24, 2.45) is 0 Å². The largest absolute Gasteiger partial charge is 0.651 e. The Morgan fingerprint density at radius 2 is 0.679 bits per heavy atom. The predicted octanol–water partition coefficient (Wildman–Crippen LogP) is -0.113. The summed E-state index contributed by atoms with van der Waals surface area (Å²) in [6.45, 7) is 31.9. The maximum absolute atomic E-state index is 7.28. The third-order valence-electron chi connectivity index (χ3n) is 6.06. The zero-order chi connectivity index (χ0) is 39.7. The first kappa shape index (κ1) is 48.6. The highest BCUT2D eigenvalue weighted by atomic mass is 28.7. The van der Waals surface area contributed by atoms with Crippen LogP contribution in [0.2, 0.25) is 110 Å². The molecule has 4 heterocycles. The lowest BCUT2D eigenvalue weighted by Crippen LogP contribution is -2.87. The summed E-state index contributed by atoms with van der Waals surface area (Å²) >= 11 is 0. The van der Waals surface area contributed by atoms with E-state index in [1.165, 1.54) is 0 Å². The number of hydrogen-bond donors (Lipinski definition) is 0. The smallest absolute Gasteiger partial charge is 0.438 e. The Morgan fingerprint density at radius 3 is 0.962 bits per heavy atom. The average Bonchev–Trinajstić information content (AvgIpc) is 2.86. The molecule has 0 saturated carbocycles. The molecule has 4 unspecified atom stereocenters. The van der Waals surface area contributed by atoms with Gasteiger partial charge in [-0.1, -0.05) is 13.1 Å². The van der Waals surface area contributed by atoms with Crippen molar-refractivity contribution in [3.05, 3.63) is 0 Å². The molecule has 0 aliphatic carbocycles. The molecule has 0 aromatic heterocycles. The molecule has 0 amide bonds. The quantitative estimate of drug-likeness (QED) is 0.166. The highest BCUT2D eigenvalue weighted by Crippen LogP contribution is 2.46. The summed E-state index contributed by atoms with van der Waals surface area (Å²) < 4.78 is 131. The Bertz CT molecular complexity index is 1140. The highest BCUT2D eigenvalue weighted by Gasteiger charge is 2.85. The lowest BCUT2D eigenvalue weighted by Gasteiger charge is -2.56. The van der Waals surface area contributed by atoms with Gasteiger partial charge in [-0.25, -0.2) is 0 Å². The van der Waals surface area contributed by atoms with E-state index in [9.17, 15) is 0 Å². The van der Waals surface area contributed by atoms with E-state index in [1.54, 1.807) is 0 Å². The van der Waals surface area contributed by atoms with E-state index in [0.29, 0.717) is 5.67 Å². The second-order valence-electron chi connectivity index (χ2n) is 14.8. The van der Waals surface area contributed by atoms with Crippen molar-refractivity contribution < 1.29 is 78.2 Å². The van der Waals surface area contributed by atoms with Gasteiger partial charge in [-0.3, -0.25) is 0 Å². The van der Waals surface area contributed by atoms with Crippen LogP contribution in [-0.4, -0.2) is 155 Å². The van der Waals surface area contributed by atoms with Gasteiger partial charge in [0.25, 0.3) is 0 Å². The van der Waals surface area contributed by atoms with Gasteiger partial charge in [0.1, 0.15) is 0 Å². The molecule has 4 saturated heterocycles. The van der Waals surface area contributed by atoms with Crippen LogP contribution in [-0.2, 0) is 78.2 Å². The van der Waals surface area contributed by atoms with Crippen molar-refractivity contribution in [3.63, 3.8) is 0 Å². The van der Waals surface area contributed by atoms with Gasteiger partial charge in [0.15, 0.2) is 63.3 Å². The summed E-state index contributed by atoms with van der Waals surface area (Å²) in [6, 6.07) is 0. The van der Waals surface area contributed by atoms with Gasteiger partial charge in [0.05, 0.1) is 0 Å². The van der Waals surface area contributed by atoms with Gasteiger partial charge in [0, 0.05) is 14.5 Å². The molecule has 19 nitrogen and oxygen atoms in total. The standard InChI is InChI=1S/C17H58O19Si17/c1-39(2)17-47(19-37-18-40(3)4)28-50(24-43(9)10)30-48(22-41(5)6)20-38-21-49(23-42(7)8)31-51(29-47,25-44(11)12)35-53(34-50,27-46(15)16)36-52(32-48,33-49)26-45(13)14/h39-46H,17H2,1-16H3. The Hall–Kier alpha value is 2.93. The number of hydrogen-bond acceptors (Lipinski definition) is 19. The van der Waals surface area contributed by atoms with Crippen LogP contribution in [0.5, 0.6) is 0 Å². The van der Waals surface area contributed by atoms with Crippen molar-refractivity contribution in [1.29, 1.82) is 0 Å². The van der Waals surface area contributed by atoms with E-state index in [2.05, 4.69) is 26.2 Å². The van der Waals surface area contributed by atoms with Crippen LogP contribution in [0.1, 0.15) is 0 Å². The van der Waals surface area contributed by atoms with Gasteiger partial charge >= 0.3 is 83.1 Å². The topological polar surface area (TPSA) is 175 Å². The first-order valence-electron chi connectivity index (χ1n) is 18.0. The molecule has 4 atom stereocenters. The second kappa shape index (κ2) is 19.3. The number of rotatable bonds is 18. The molecule has 0 spiro atoms. The lowest BCUT2D eigenvalue weighted by molar-refractivity contribution is -0.0863. The van der Waals surface area contributed by atoms with Crippen LogP contribution in [0.25, 0.3) is 0 Å². The summed E-state index contributed by atoms with van der Waals surface area (Å²) in [5.74, 6) is 0. The van der Waals surface area contributed by atoms with E-state index in [-0.39, 0.29) is 0 Å². The van der Waals surface area contributed by atoms with E-state index in [0.717, 1.165) is 0 Å². The van der Waals surface area contributed by atoms with Crippen molar-refractivity contribution in [3.8, 4) is 0 Å². The highest BCUT2D eigenvalue weighted by molar-refractivity contribution is 6.99. The summed E-state index contributed by atoms with van der Waals surface area (Å²) in [4.78, 5) is 0. The molecule has 53 heavy (non-hydrogen) atoms. The molecule has 4 aliphatic heterocycles. The summed E-state index contributed by atoms with van der Waals surface area (Å²) in [5, 5.41) is 0. The monoisotopic (exact) mass is 1040 g/mol. The zero-order valence-electron chi connectivity index (χ0n) is 33.6. The SMILES string of the molecule is C[SiH](C)C[Si]1(O[Si]O[SiH](C)C)O[Si]2(O[SiH](C)C)O[Si]3(O[SiH](C)C)O[Si]O[Si]4(O[SiH](C)C)O[Si](O[SiH](C)C)(O1)O[Si](O[SiH](C)C)(O2)O[Si](O[SiH](C)C)(O3)O4. The normalized spacial score (nSPS) is 38.0. The predicted molar refractivity (Wildman–Crippen MR) is 228 cm³/mol. The maximum Gasteiger partial charge on any atom is 0.651 e. The Kier molecular flexibility index (Phi) is 17.7.